The first-order chi connectivity index (χ1) is 7.26. The lowest BCUT2D eigenvalue weighted by Gasteiger charge is -2.23. The molecule has 1 nitrogen and oxygen atoms in total. The summed E-state index contributed by atoms with van der Waals surface area (Å²) in [4.78, 5) is 0. The van der Waals surface area contributed by atoms with Crippen LogP contribution in [0.5, 0.6) is 0 Å². The fourth-order valence-corrected chi connectivity index (χ4v) is 3.98. The molecule has 1 N–H and O–H groups in total. The zero-order chi connectivity index (χ0) is 12.5. The predicted octanol–water partition coefficient (Wildman–Crippen LogP) is 4.21. The van der Waals surface area contributed by atoms with Gasteiger partial charge in [0.25, 0.3) is 0 Å². The number of halogens is 1. The summed E-state index contributed by atoms with van der Waals surface area (Å²) in [5.74, 6) is 0. The fraction of sp³-hybridized carbons (Fsp3) is 0.538. The molecule has 1 unspecified atom stereocenters. The van der Waals surface area contributed by atoms with Gasteiger partial charge in [-0.3, -0.25) is 0 Å². The topological polar surface area (TPSA) is 12.0 Å². The summed E-state index contributed by atoms with van der Waals surface area (Å²) in [7, 11) is 2.83. The molecule has 0 aromatic heterocycles. The monoisotopic (exact) mass is 301 g/mol. The SMILES string of the molecule is CNc1c(Br)cc(C)c(PC(C)(C)C)c1C. The normalized spacial score (nSPS) is 12.4. The molecule has 0 aliphatic rings. The van der Waals surface area contributed by atoms with Gasteiger partial charge in [0.05, 0.1) is 5.69 Å². The van der Waals surface area contributed by atoms with E-state index in [-0.39, 0.29) is 0 Å². The molecule has 1 aromatic rings. The molecule has 0 amide bonds. The van der Waals surface area contributed by atoms with E-state index in [4.69, 9.17) is 0 Å². The van der Waals surface area contributed by atoms with Crippen LogP contribution in [0.15, 0.2) is 10.5 Å². The summed E-state index contributed by atoms with van der Waals surface area (Å²) in [6.07, 6.45) is 0. The second kappa shape index (κ2) is 5.06. The highest BCUT2D eigenvalue weighted by Gasteiger charge is 2.17. The standard InChI is InChI=1S/C13H21BrNP/c1-8-7-10(14)11(15-6)9(2)12(8)16-13(3,4)5/h7,15-16H,1-6H3. The van der Waals surface area contributed by atoms with Crippen LogP contribution in [0.3, 0.4) is 0 Å². The Hall–Kier alpha value is -0.0700. The largest absolute Gasteiger partial charge is 0.387 e. The van der Waals surface area contributed by atoms with Crippen LogP contribution < -0.4 is 10.6 Å². The molecule has 0 spiro atoms. The van der Waals surface area contributed by atoms with Crippen LogP contribution in [-0.2, 0) is 0 Å². The van der Waals surface area contributed by atoms with Gasteiger partial charge in [0.15, 0.2) is 0 Å². The van der Waals surface area contributed by atoms with Crippen LogP contribution in [-0.4, -0.2) is 12.2 Å². The van der Waals surface area contributed by atoms with Gasteiger partial charge in [-0.2, -0.15) is 0 Å². The van der Waals surface area contributed by atoms with Crippen molar-refractivity contribution in [3.05, 3.63) is 21.7 Å². The van der Waals surface area contributed by atoms with Crippen LogP contribution in [0.25, 0.3) is 0 Å². The van der Waals surface area contributed by atoms with Gasteiger partial charge in [-0.1, -0.05) is 29.4 Å². The van der Waals surface area contributed by atoms with Crippen LogP contribution >= 0.6 is 24.5 Å². The highest BCUT2D eigenvalue weighted by Crippen LogP contribution is 2.36. The first-order valence-electron chi connectivity index (χ1n) is 5.52. The summed E-state index contributed by atoms with van der Waals surface area (Å²) in [5.41, 5.74) is 3.98. The molecule has 0 radical (unpaired) electrons. The van der Waals surface area contributed by atoms with Crippen LogP contribution in [0, 0.1) is 13.8 Å². The van der Waals surface area contributed by atoms with E-state index in [1.807, 2.05) is 7.05 Å². The van der Waals surface area contributed by atoms with E-state index >= 15 is 0 Å². The van der Waals surface area contributed by atoms with E-state index in [9.17, 15) is 0 Å². The van der Waals surface area contributed by atoms with E-state index in [2.05, 4.69) is 61.9 Å². The Balaban J connectivity index is 3.28. The maximum Gasteiger partial charge on any atom is 0.0518 e. The molecule has 1 atom stereocenters. The fourth-order valence-electron chi connectivity index (χ4n) is 1.81. The van der Waals surface area contributed by atoms with E-state index in [0.717, 1.165) is 13.1 Å². The summed E-state index contributed by atoms with van der Waals surface area (Å²) in [6, 6.07) is 2.22. The van der Waals surface area contributed by atoms with Gasteiger partial charge in [0, 0.05) is 11.5 Å². The highest BCUT2D eigenvalue weighted by molar-refractivity contribution is 9.10. The number of rotatable bonds is 2. The zero-order valence-electron chi connectivity index (χ0n) is 11.0. The van der Waals surface area contributed by atoms with Crippen molar-refractivity contribution < 1.29 is 0 Å². The zero-order valence-corrected chi connectivity index (χ0v) is 13.5. The maximum atomic E-state index is 3.61. The third-order valence-electron chi connectivity index (χ3n) is 2.48. The molecule has 3 heteroatoms. The number of hydrogen-bond acceptors (Lipinski definition) is 1. The quantitative estimate of drug-likeness (QED) is 0.807. The maximum absolute atomic E-state index is 3.61. The highest BCUT2D eigenvalue weighted by atomic mass is 79.9. The molecular formula is C13H21BrNP. The third kappa shape index (κ3) is 3.21. The summed E-state index contributed by atoms with van der Waals surface area (Å²) < 4.78 is 1.16. The van der Waals surface area contributed by atoms with Gasteiger partial charge >= 0.3 is 0 Å². The minimum absolute atomic E-state index is 0.356. The summed E-state index contributed by atoms with van der Waals surface area (Å²) >= 11 is 3.61. The van der Waals surface area contributed by atoms with Crippen molar-refractivity contribution >= 4 is 35.5 Å². The summed E-state index contributed by atoms with van der Waals surface area (Å²) in [6.45, 7) is 11.3. The van der Waals surface area contributed by atoms with Crippen molar-refractivity contribution in [1.29, 1.82) is 0 Å². The van der Waals surface area contributed by atoms with Crippen molar-refractivity contribution in [2.45, 2.75) is 39.8 Å². The Kier molecular flexibility index (Phi) is 4.42. The van der Waals surface area contributed by atoms with Crippen molar-refractivity contribution in [2.75, 3.05) is 12.4 Å². The Bertz CT molecular complexity index is 394. The van der Waals surface area contributed by atoms with Crippen LogP contribution in [0.4, 0.5) is 5.69 Å². The Morgan fingerprint density at radius 1 is 1.25 bits per heavy atom. The molecule has 0 aliphatic carbocycles. The Labute approximate surface area is 109 Å². The number of hydrogen-bond donors (Lipinski definition) is 1. The Morgan fingerprint density at radius 2 is 1.81 bits per heavy atom. The van der Waals surface area contributed by atoms with Gasteiger partial charge in [-0.15, -0.1) is 0 Å². The van der Waals surface area contributed by atoms with Gasteiger partial charge in [0.2, 0.25) is 0 Å². The summed E-state index contributed by atoms with van der Waals surface area (Å²) in [5, 5.41) is 5.13. The first-order valence-corrected chi connectivity index (χ1v) is 7.31. The number of benzene rings is 1. The molecule has 0 saturated heterocycles. The van der Waals surface area contributed by atoms with Crippen molar-refractivity contribution in [3.63, 3.8) is 0 Å². The first kappa shape index (κ1) is 14.0. The average Bonchev–Trinajstić information content (AvgIpc) is 2.11. The van der Waals surface area contributed by atoms with Gasteiger partial charge < -0.3 is 5.32 Å². The van der Waals surface area contributed by atoms with Gasteiger partial charge in [-0.05, 0) is 57.4 Å². The number of aryl methyl sites for hydroxylation is 1. The molecule has 90 valence electrons. The second-order valence-electron chi connectivity index (χ2n) is 5.18. The molecule has 0 saturated carbocycles. The lowest BCUT2D eigenvalue weighted by molar-refractivity contribution is 0.799. The van der Waals surface area contributed by atoms with E-state index in [1.165, 1.54) is 22.1 Å². The lowest BCUT2D eigenvalue weighted by atomic mass is 10.1. The molecule has 16 heavy (non-hydrogen) atoms. The molecule has 1 aromatic carbocycles. The van der Waals surface area contributed by atoms with E-state index in [0.29, 0.717) is 5.16 Å². The average molecular weight is 302 g/mol. The van der Waals surface area contributed by atoms with E-state index in [1.54, 1.807) is 0 Å². The molecule has 1 rings (SSSR count). The van der Waals surface area contributed by atoms with Crippen molar-refractivity contribution in [2.24, 2.45) is 0 Å². The number of nitrogens with one attached hydrogen (secondary N) is 1. The molecule has 0 heterocycles. The van der Waals surface area contributed by atoms with Gasteiger partial charge in [-0.25, -0.2) is 0 Å². The smallest absolute Gasteiger partial charge is 0.0518 e. The predicted molar refractivity (Wildman–Crippen MR) is 80.9 cm³/mol. The van der Waals surface area contributed by atoms with Crippen molar-refractivity contribution in [1.82, 2.24) is 0 Å². The third-order valence-corrected chi connectivity index (χ3v) is 4.87. The van der Waals surface area contributed by atoms with E-state index < -0.39 is 0 Å². The lowest BCUT2D eigenvalue weighted by Crippen LogP contribution is -2.17. The molecule has 0 aliphatic heterocycles. The van der Waals surface area contributed by atoms with Crippen LogP contribution in [0.2, 0.25) is 0 Å². The number of anilines is 1. The Morgan fingerprint density at radius 3 is 2.25 bits per heavy atom. The van der Waals surface area contributed by atoms with Gasteiger partial charge in [0.1, 0.15) is 0 Å². The van der Waals surface area contributed by atoms with Crippen LogP contribution in [0.1, 0.15) is 31.9 Å². The second-order valence-corrected chi connectivity index (χ2v) is 8.28. The minimum atomic E-state index is 0.356. The minimum Gasteiger partial charge on any atom is -0.387 e. The molecule has 0 bridgehead atoms. The molecular weight excluding hydrogens is 281 g/mol. The molecule has 0 fully saturated rings. The van der Waals surface area contributed by atoms with Crippen molar-refractivity contribution in [3.8, 4) is 0 Å².